The van der Waals surface area contributed by atoms with Gasteiger partial charge in [0, 0.05) is 50.1 Å². The molecule has 0 N–H and O–H groups in total. The fourth-order valence-corrected chi connectivity index (χ4v) is 4.48. The van der Waals surface area contributed by atoms with E-state index in [2.05, 4.69) is 4.98 Å². The van der Waals surface area contributed by atoms with Crippen LogP contribution in [0.25, 0.3) is 11.1 Å². The minimum Gasteiger partial charge on any atom is -0.491 e. The highest BCUT2D eigenvalue weighted by atomic mass is 35.5. The highest BCUT2D eigenvalue weighted by molar-refractivity contribution is 6.30. The van der Waals surface area contributed by atoms with E-state index >= 15 is 0 Å². The zero-order valence-corrected chi connectivity index (χ0v) is 21.2. The number of carbonyl (C=O) groups is 1. The molecule has 1 atom stereocenters. The van der Waals surface area contributed by atoms with Crippen LogP contribution in [0.1, 0.15) is 41.4 Å². The molecule has 0 spiro atoms. The molecule has 1 aromatic heterocycles. The van der Waals surface area contributed by atoms with E-state index in [1.807, 2.05) is 78.6 Å². The Kier molecular flexibility index (Phi) is 8.21. The molecular formula is C27H31ClN4O3. The lowest BCUT2D eigenvalue weighted by atomic mass is 9.93. The molecule has 4 rings (SSSR count). The van der Waals surface area contributed by atoms with Crippen LogP contribution in [0.15, 0.2) is 54.7 Å². The zero-order valence-electron chi connectivity index (χ0n) is 20.4. The van der Waals surface area contributed by atoms with Gasteiger partial charge in [-0.15, -0.1) is 0 Å². The van der Waals surface area contributed by atoms with Crippen molar-refractivity contribution in [1.82, 2.24) is 14.9 Å². The number of amides is 1. The van der Waals surface area contributed by atoms with Crippen molar-refractivity contribution in [3.05, 3.63) is 71.0 Å². The molecule has 1 saturated heterocycles. The van der Waals surface area contributed by atoms with Crippen LogP contribution in [0.2, 0.25) is 5.02 Å². The monoisotopic (exact) mass is 494 g/mol. The SMILES string of the molecule is COCCOc1ccc(C(=O)N2CCCC[C@@H]2c2nc(N(C)C)ncc2-c2cccc(Cl)c2)cc1. The Hall–Kier alpha value is -3.16. The molecule has 1 aliphatic rings. The quantitative estimate of drug-likeness (QED) is 0.398. The first-order valence-electron chi connectivity index (χ1n) is 11.8. The maximum Gasteiger partial charge on any atom is 0.254 e. The molecule has 1 fully saturated rings. The molecule has 8 heteroatoms. The first-order chi connectivity index (χ1) is 17.0. The molecule has 3 aromatic rings. The average Bonchev–Trinajstić information content (AvgIpc) is 2.88. The molecular weight excluding hydrogens is 464 g/mol. The maximum atomic E-state index is 13.7. The molecule has 0 radical (unpaired) electrons. The molecule has 35 heavy (non-hydrogen) atoms. The van der Waals surface area contributed by atoms with E-state index in [1.54, 1.807) is 7.11 Å². The highest BCUT2D eigenvalue weighted by Gasteiger charge is 2.32. The van der Waals surface area contributed by atoms with Crippen LogP contribution in [-0.2, 0) is 4.74 Å². The third-order valence-electron chi connectivity index (χ3n) is 6.08. The second-order valence-electron chi connectivity index (χ2n) is 8.75. The topological polar surface area (TPSA) is 67.8 Å². The van der Waals surface area contributed by atoms with Crippen molar-refractivity contribution in [1.29, 1.82) is 0 Å². The van der Waals surface area contributed by atoms with Gasteiger partial charge in [0.1, 0.15) is 12.4 Å². The van der Waals surface area contributed by atoms with E-state index in [0.717, 1.165) is 36.1 Å². The summed E-state index contributed by atoms with van der Waals surface area (Å²) < 4.78 is 10.7. The van der Waals surface area contributed by atoms with Crippen LogP contribution in [0.4, 0.5) is 5.95 Å². The van der Waals surface area contributed by atoms with Gasteiger partial charge in [0.2, 0.25) is 5.95 Å². The minimum absolute atomic E-state index is 0.0137. The molecule has 1 aliphatic heterocycles. The van der Waals surface area contributed by atoms with Crippen molar-refractivity contribution in [2.75, 3.05) is 45.9 Å². The third-order valence-corrected chi connectivity index (χ3v) is 6.31. The van der Waals surface area contributed by atoms with E-state index in [-0.39, 0.29) is 11.9 Å². The second kappa shape index (κ2) is 11.5. The van der Waals surface area contributed by atoms with Gasteiger partial charge in [-0.05, 0) is 61.2 Å². The van der Waals surface area contributed by atoms with Crippen molar-refractivity contribution in [3.8, 4) is 16.9 Å². The summed E-state index contributed by atoms with van der Waals surface area (Å²) >= 11 is 6.30. The molecule has 2 aromatic carbocycles. The number of ether oxygens (including phenoxy) is 2. The zero-order chi connectivity index (χ0) is 24.8. The Labute approximate surface area is 211 Å². The third kappa shape index (κ3) is 5.92. The van der Waals surface area contributed by atoms with Crippen LogP contribution in [-0.4, -0.2) is 61.7 Å². The average molecular weight is 495 g/mol. The van der Waals surface area contributed by atoms with Gasteiger partial charge in [0.05, 0.1) is 18.3 Å². The first-order valence-corrected chi connectivity index (χ1v) is 12.2. The lowest BCUT2D eigenvalue weighted by Crippen LogP contribution is -2.39. The van der Waals surface area contributed by atoms with Gasteiger partial charge in [0.15, 0.2) is 0 Å². The number of methoxy groups -OCH3 is 1. The summed E-state index contributed by atoms with van der Waals surface area (Å²) in [7, 11) is 5.47. The Morgan fingerprint density at radius 1 is 1.14 bits per heavy atom. The van der Waals surface area contributed by atoms with Crippen LogP contribution in [0.3, 0.4) is 0 Å². The van der Waals surface area contributed by atoms with E-state index in [0.29, 0.717) is 42.0 Å². The number of carbonyl (C=O) groups excluding carboxylic acids is 1. The molecule has 1 amide bonds. The van der Waals surface area contributed by atoms with E-state index in [4.69, 9.17) is 26.1 Å². The van der Waals surface area contributed by atoms with Crippen molar-refractivity contribution in [2.45, 2.75) is 25.3 Å². The number of halogens is 1. The van der Waals surface area contributed by atoms with E-state index in [1.165, 1.54) is 0 Å². The smallest absolute Gasteiger partial charge is 0.254 e. The summed E-state index contributed by atoms with van der Waals surface area (Å²) in [5.74, 6) is 1.31. The summed E-state index contributed by atoms with van der Waals surface area (Å²) in [4.78, 5) is 27.0. The van der Waals surface area contributed by atoms with E-state index in [9.17, 15) is 4.79 Å². The number of hydrogen-bond acceptors (Lipinski definition) is 6. The maximum absolute atomic E-state index is 13.7. The van der Waals surface area contributed by atoms with Gasteiger partial charge >= 0.3 is 0 Å². The molecule has 2 heterocycles. The van der Waals surface area contributed by atoms with Gasteiger partial charge in [-0.2, -0.15) is 0 Å². The molecule has 7 nitrogen and oxygen atoms in total. The van der Waals surface area contributed by atoms with Crippen molar-refractivity contribution in [2.24, 2.45) is 0 Å². The lowest BCUT2D eigenvalue weighted by molar-refractivity contribution is 0.0606. The van der Waals surface area contributed by atoms with Gasteiger partial charge in [0.25, 0.3) is 5.91 Å². The summed E-state index contributed by atoms with van der Waals surface area (Å²) in [6, 6.07) is 14.8. The van der Waals surface area contributed by atoms with Crippen LogP contribution < -0.4 is 9.64 Å². The fraction of sp³-hybridized carbons (Fsp3) is 0.370. The Balaban J connectivity index is 1.67. The standard InChI is InChI=1S/C27H31ClN4O3/c1-31(2)27-29-18-23(20-7-6-8-21(28)17-20)25(30-27)24-9-4-5-14-32(24)26(33)19-10-12-22(13-11-19)35-16-15-34-3/h6-8,10-13,17-18,24H,4-5,9,14-16H2,1-3H3/t24-/m1/s1. The molecule has 0 unspecified atom stereocenters. The predicted molar refractivity (Wildman–Crippen MR) is 138 cm³/mol. The van der Waals surface area contributed by atoms with Crippen molar-refractivity contribution in [3.63, 3.8) is 0 Å². The number of hydrogen-bond donors (Lipinski definition) is 0. The highest BCUT2D eigenvalue weighted by Crippen LogP contribution is 2.37. The fourth-order valence-electron chi connectivity index (χ4n) is 4.29. The number of likely N-dealkylation sites (tertiary alicyclic amines) is 1. The first kappa shape index (κ1) is 24.9. The normalized spacial score (nSPS) is 15.7. The summed E-state index contributed by atoms with van der Waals surface area (Å²) in [6.45, 7) is 1.65. The number of anilines is 1. The minimum atomic E-state index is -0.162. The summed E-state index contributed by atoms with van der Waals surface area (Å²) in [6.07, 6.45) is 4.66. The number of piperidine rings is 1. The van der Waals surface area contributed by atoms with Crippen LogP contribution in [0, 0.1) is 0 Å². The number of rotatable bonds is 8. The van der Waals surface area contributed by atoms with Gasteiger partial charge in [-0.3, -0.25) is 4.79 Å². The Bertz CT molecular complexity index is 1150. The number of aromatic nitrogens is 2. The van der Waals surface area contributed by atoms with Gasteiger partial charge in [-0.1, -0.05) is 23.7 Å². The van der Waals surface area contributed by atoms with Crippen molar-refractivity contribution >= 4 is 23.5 Å². The molecule has 0 saturated carbocycles. The van der Waals surface area contributed by atoms with E-state index < -0.39 is 0 Å². The predicted octanol–water partition coefficient (Wildman–Crippen LogP) is 5.26. The Morgan fingerprint density at radius 3 is 2.66 bits per heavy atom. The van der Waals surface area contributed by atoms with Gasteiger partial charge in [-0.25, -0.2) is 9.97 Å². The largest absolute Gasteiger partial charge is 0.491 e. The molecule has 184 valence electrons. The lowest BCUT2D eigenvalue weighted by Gasteiger charge is -2.36. The summed E-state index contributed by atoms with van der Waals surface area (Å²) in [5.41, 5.74) is 3.30. The van der Waals surface area contributed by atoms with Crippen LogP contribution >= 0.6 is 11.6 Å². The second-order valence-corrected chi connectivity index (χ2v) is 9.19. The van der Waals surface area contributed by atoms with Crippen molar-refractivity contribution < 1.29 is 14.3 Å². The molecule has 0 aliphatic carbocycles. The molecule has 0 bridgehead atoms. The Morgan fingerprint density at radius 2 is 1.94 bits per heavy atom. The van der Waals surface area contributed by atoms with Crippen LogP contribution in [0.5, 0.6) is 5.75 Å². The van der Waals surface area contributed by atoms with Gasteiger partial charge < -0.3 is 19.3 Å². The number of nitrogens with zero attached hydrogens (tertiary/aromatic N) is 4. The number of benzene rings is 2. The summed E-state index contributed by atoms with van der Waals surface area (Å²) in [5, 5.41) is 0.648.